The Hall–Kier alpha value is -0.620. The highest BCUT2D eigenvalue weighted by molar-refractivity contribution is 7.92. The molecule has 5 nitrogen and oxygen atoms in total. The third-order valence-corrected chi connectivity index (χ3v) is 4.53. The van der Waals surface area contributed by atoms with Crippen molar-refractivity contribution in [3.8, 4) is 0 Å². The van der Waals surface area contributed by atoms with Crippen LogP contribution in [0.3, 0.4) is 0 Å². The first-order chi connectivity index (χ1) is 7.33. The summed E-state index contributed by atoms with van der Waals surface area (Å²) < 4.78 is 28.5. The number of hydrogen-bond donors (Lipinski definition) is 1. The monoisotopic (exact) mass is 252 g/mol. The van der Waals surface area contributed by atoms with Crippen molar-refractivity contribution in [2.45, 2.75) is 32.4 Å². The summed E-state index contributed by atoms with van der Waals surface area (Å²) in [5, 5.41) is 7.56. The summed E-state index contributed by atoms with van der Waals surface area (Å²) in [6.45, 7) is 5.90. The van der Waals surface area contributed by atoms with E-state index < -0.39 is 27.0 Å². The van der Waals surface area contributed by atoms with Crippen LogP contribution >= 0.6 is 0 Å². The maximum Gasteiger partial charge on any atom is 0.322 e. The van der Waals surface area contributed by atoms with Gasteiger partial charge in [0.05, 0.1) is 5.75 Å². The molecule has 0 aliphatic carbocycles. The first-order valence-electron chi connectivity index (χ1n) is 5.35. The maximum atomic E-state index is 11.7. The average Bonchev–Trinajstić information content (AvgIpc) is 2.10. The Balaban J connectivity index is 4.44. The van der Waals surface area contributed by atoms with Gasteiger partial charge < -0.3 is 9.84 Å². The van der Waals surface area contributed by atoms with Crippen LogP contribution in [-0.2, 0) is 19.4 Å². The molecule has 0 aromatic rings. The van der Waals surface area contributed by atoms with Gasteiger partial charge in [0, 0.05) is 13.2 Å². The van der Waals surface area contributed by atoms with Crippen molar-refractivity contribution in [3.63, 3.8) is 0 Å². The van der Waals surface area contributed by atoms with Crippen LogP contribution < -0.4 is 0 Å². The molecule has 1 atom stereocenters. The molecule has 0 heterocycles. The molecule has 96 valence electrons. The molecule has 0 spiro atoms. The number of carbonyl (C=O) groups is 1. The number of carboxylic acid groups (broad SMARTS) is 1. The summed E-state index contributed by atoms with van der Waals surface area (Å²) in [7, 11) is -3.58. The van der Waals surface area contributed by atoms with Gasteiger partial charge in [0.15, 0.2) is 15.1 Å². The molecule has 0 aromatic heterocycles. The minimum absolute atomic E-state index is 0.137. The summed E-state index contributed by atoms with van der Waals surface area (Å²) >= 11 is 0. The van der Waals surface area contributed by atoms with E-state index in [1.165, 1.54) is 0 Å². The lowest BCUT2D eigenvalue weighted by molar-refractivity contribution is -0.137. The number of ether oxygens (including phenoxy) is 1. The van der Waals surface area contributed by atoms with Crippen molar-refractivity contribution < 1.29 is 23.1 Å². The Kier molecular flexibility index (Phi) is 6.59. The van der Waals surface area contributed by atoms with E-state index in [1.807, 2.05) is 6.92 Å². The molecule has 0 radical (unpaired) electrons. The van der Waals surface area contributed by atoms with Crippen molar-refractivity contribution in [1.29, 1.82) is 0 Å². The second kappa shape index (κ2) is 6.85. The molecule has 0 aliphatic rings. The van der Waals surface area contributed by atoms with Crippen molar-refractivity contribution in [3.05, 3.63) is 0 Å². The molecule has 0 aromatic carbocycles. The van der Waals surface area contributed by atoms with Crippen LogP contribution in [0.25, 0.3) is 0 Å². The Morgan fingerprint density at radius 2 is 1.94 bits per heavy atom. The zero-order valence-electron chi connectivity index (χ0n) is 9.97. The third-order valence-electron chi connectivity index (χ3n) is 2.16. The van der Waals surface area contributed by atoms with Crippen molar-refractivity contribution in [2.75, 3.05) is 19.0 Å². The quantitative estimate of drug-likeness (QED) is 0.650. The van der Waals surface area contributed by atoms with Crippen LogP contribution in [-0.4, -0.2) is 43.7 Å². The molecule has 0 aliphatic heterocycles. The predicted molar refractivity (Wildman–Crippen MR) is 61.2 cm³/mol. The van der Waals surface area contributed by atoms with Crippen LogP contribution in [0, 0.1) is 5.92 Å². The van der Waals surface area contributed by atoms with Gasteiger partial charge in [0.2, 0.25) is 0 Å². The van der Waals surface area contributed by atoms with E-state index in [2.05, 4.69) is 0 Å². The van der Waals surface area contributed by atoms with Gasteiger partial charge >= 0.3 is 5.97 Å². The lowest BCUT2D eigenvalue weighted by Gasteiger charge is -2.16. The number of rotatable bonds is 8. The molecule has 0 bridgehead atoms. The van der Waals surface area contributed by atoms with Gasteiger partial charge in [-0.15, -0.1) is 0 Å². The van der Waals surface area contributed by atoms with E-state index in [9.17, 15) is 13.2 Å². The number of carboxylic acids is 1. The van der Waals surface area contributed by atoms with Crippen molar-refractivity contribution in [1.82, 2.24) is 0 Å². The fourth-order valence-corrected chi connectivity index (χ4v) is 3.40. The van der Waals surface area contributed by atoms with Gasteiger partial charge in [0.25, 0.3) is 0 Å². The predicted octanol–water partition coefficient (Wildman–Crippen LogP) is 0.937. The highest BCUT2D eigenvalue weighted by Crippen LogP contribution is 2.14. The lowest BCUT2D eigenvalue weighted by Crippen LogP contribution is -2.36. The zero-order chi connectivity index (χ0) is 12.8. The van der Waals surface area contributed by atoms with E-state index in [-0.39, 0.29) is 5.75 Å². The number of hydrogen-bond acceptors (Lipinski definition) is 4. The Morgan fingerprint density at radius 3 is 2.31 bits per heavy atom. The Bertz CT molecular complexity index is 307. The lowest BCUT2D eigenvalue weighted by atomic mass is 10.1. The highest BCUT2D eigenvalue weighted by Gasteiger charge is 2.34. The molecule has 0 saturated carbocycles. The van der Waals surface area contributed by atoms with Gasteiger partial charge in [-0.25, -0.2) is 8.42 Å². The minimum Gasteiger partial charge on any atom is -0.480 e. The standard InChI is InChI=1S/C10H20O5S/c1-4-15-6-5-7-16(13,14)9(8(2)3)10(11)12/h8-9H,4-7H2,1-3H3,(H,11,12). The normalized spacial score (nSPS) is 14.0. The SMILES string of the molecule is CCOCCCS(=O)(=O)C(C(=O)O)C(C)C. The van der Waals surface area contributed by atoms with Crippen LogP contribution in [0.1, 0.15) is 27.2 Å². The van der Waals surface area contributed by atoms with Gasteiger partial charge in [-0.1, -0.05) is 13.8 Å². The molecular weight excluding hydrogens is 232 g/mol. The minimum atomic E-state index is -3.58. The smallest absolute Gasteiger partial charge is 0.322 e. The maximum absolute atomic E-state index is 11.7. The van der Waals surface area contributed by atoms with Crippen LogP contribution in [0.15, 0.2) is 0 Å². The van der Waals surface area contributed by atoms with E-state index in [0.717, 1.165) is 0 Å². The summed E-state index contributed by atoms with van der Waals surface area (Å²) in [6, 6.07) is 0. The largest absolute Gasteiger partial charge is 0.480 e. The molecule has 16 heavy (non-hydrogen) atoms. The van der Waals surface area contributed by atoms with Gasteiger partial charge in [-0.3, -0.25) is 4.79 Å². The number of sulfone groups is 1. The molecule has 1 N–H and O–H groups in total. The molecule has 0 rings (SSSR count). The fraction of sp³-hybridized carbons (Fsp3) is 0.900. The summed E-state index contributed by atoms with van der Waals surface area (Å²) in [6.07, 6.45) is 0.340. The van der Waals surface area contributed by atoms with Gasteiger partial charge in [0.1, 0.15) is 0 Å². The summed E-state index contributed by atoms with van der Waals surface area (Å²) in [5.74, 6) is -1.83. The van der Waals surface area contributed by atoms with Gasteiger partial charge in [-0.05, 0) is 19.3 Å². The molecule has 1 unspecified atom stereocenters. The Labute approximate surface area is 96.7 Å². The topological polar surface area (TPSA) is 80.7 Å². The highest BCUT2D eigenvalue weighted by atomic mass is 32.2. The second-order valence-corrected chi connectivity index (χ2v) is 6.16. The van der Waals surface area contributed by atoms with Gasteiger partial charge in [-0.2, -0.15) is 0 Å². The van der Waals surface area contributed by atoms with E-state index in [4.69, 9.17) is 9.84 Å². The molecular formula is C10H20O5S. The second-order valence-electron chi connectivity index (χ2n) is 3.92. The van der Waals surface area contributed by atoms with E-state index >= 15 is 0 Å². The fourth-order valence-electron chi connectivity index (χ4n) is 1.49. The first kappa shape index (κ1) is 15.4. The summed E-state index contributed by atoms with van der Waals surface area (Å²) in [5.41, 5.74) is 0. The Morgan fingerprint density at radius 1 is 1.38 bits per heavy atom. The van der Waals surface area contributed by atoms with E-state index in [0.29, 0.717) is 19.6 Å². The zero-order valence-corrected chi connectivity index (χ0v) is 10.8. The average molecular weight is 252 g/mol. The van der Waals surface area contributed by atoms with Crippen molar-refractivity contribution >= 4 is 15.8 Å². The summed E-state index contributed by atoms with van der Waals surface area (Å²) in [4.78, 5) is 10.9. The first-order valence-corrected chi connectivity index (χ1v) is 7.06. The molecule has 6 heteroatoms. The number of aliphatic carboxylic acids is 1. The van der Waals surface area contributed by atoms with E-state index in [1.54, 1.807) is 13.8 Å². The molecule has 0 amide bonds. The molecule has 0 fully saturated rings. The van der Waals surface area contributed by atoms with Crippen LogP contribution in [0.4, 0.5) is 0 Å². The van der Waals surface area contributed by atoms with Crippen molar-refractivity contribution in [2.24, 2.45) is 5.92 Å². The van der Waals surface area contributed by atoms with Crippen LogP contribution in [0.5, 0.6) is 0 Å². The molecule has 0 saturated heterocycles. The van der Waals surface area contributed by atoms with Crippen LogP contribution in [0.2, 0.25) is 0 Å². The third kappa shape index (κ3) is 4.94.